The molecule has 1 heterocycles. The van der Waals surface area contributed by atoms with Crippen LogP contribution in [0.2, 0.25) is 0 Å². The summed E-state index contributed by atoms with van der Waals surface area (Å²) in [6.45, 7) is 7.04. The average Bonchev–Trinajstić information content (AvgIpc) is 3.09. The van der Waals surface area contributed by atoms with E-state index in [0.29, 0.717) is 25.6 Å². The van der Waals surface area contributed by atoms with Gasteiger partial charge in [0.15, 0.2) is 5.96 Å². The zero-order valence-corrected chi connectivity index (χ0v) is 20.0. The van der Waals surface area contributed by atoms with Crippen LogP contribution in [0.15, 0.2) is 41.5 Å². The van der Waals surface area contributed by atoms with Crippen LogP contribution < -0.4 is 10.6 Å². The fourth-order valence-electron chi connectivity index (χ4n) is 2.54. The number of halogens is 1. The standard InChI is InChI=1S/C20H30N6O2.HI/c1-20(2,3)28-19(27)23-12-11-22-18(21-4)26(5)14-17-24-13-16(25-17)15-9-7-6-8-10-15;/h6-10,13H,11-12,14H2,1-5H3,(H,21,22)(H,23,27)(H,24,25);1H. The van der Waals surface area contributed by atoms with Gasteiger partial charge in [0, 0.05) is 27.2 Å². The number of alkyl carbamates (subject to hydrolysis) is 1. The number of H-pyrrole nitrogens is 1. The van der Waals surface area contributed by atoms with Crippen LogP contribution in [0.25, 0.3) is 11.3 Å². The number of nitrogens with zero attached hydrogens (tertiary/aromatic N) is 3. The van der Waals surface area contributed by atoms with Crippen LogP contribution in [-0.2, 0) is 11.3 Å². The third-order valence-electron chi connectivity index (χ3n) is 3.75. The highest BCUT2D eigenvalue weighted by Gasteiger charge is 2.15. The maximum absolute atomic E-state index is 11.7. The number of nitrogens with one attached hydrogen (secondary N) is 3. The molecule has 2 rings (SSSR count). The van der Waals surface area contributed by atoms with Gasteiger partial charge in [-0.2, -0.15) is 0 Å². The second-order valence-electron chi connectivity index (χ2n) is 7.37. The van der Waals surface area contributed by atoms with E-state index in [9.17, 15) is 4.79 Å². The lowest BCUT2D eigenvalue weighted by Gasteiger charge is -2.22. The molecule has 0 aliphatic carbocycles. The first kappa shape index (κ1) is 24.7. The summed E-state index contributed by atoms with van der Waals surface area (Å²) in [6.07, 6.45) is 1.40. The maximum Gasteiger partial charge on any atom is 0.407 e. The molecule has 9 heteroatoms. The molecule has 0 atom stereocenters. The molecule has 29 heavy (non-hydrogen) atoms. The third-order valence-corrected chi connectivity index (χ3v) is 3.75. The molecular weight excluding hydrogens is 483 g/mol. The average molecular weight is 514 g/mol. The van der Waals surface area contributed by atoms with E-state index in [4.69, 9.17) is 4.74 Å². The Hall–Kier alpha value is -2.30. The molecule has 0 saturated carbocycles. The van der Waals surface area contributed by atoms with E-state index in [-0.39, 0.29) is 24.0 Å². The summed E-state index contributed by atoms with van der Waals surface area (Å²) in [7, 11) is 3.65. The molecule has 1 aromatic carbocycles. The molecule has 0 unspecified atom stereocenters. The molecule has 160 valence electrons. The molecule has 1 amide bonds. The number of ether oxygens (including phenoxy) is 1. The number of aromatic nitrogens is 2. The van der Waals surface area contributed by atoms with Crippen LogP contribution in [0.5, 0.6) is 0 Å². The highest BCUT2D eigenvalue weighted by molar-refractivity contribution is 14.0. The number of rotatable bonds is 6. The minimum Gasteiger partial charge on any atom is -0.444 e. The van der Waals surface area contributed by atoms with Crippen LogP contribution >= 0.6 is 24.0 Å². The van der Waals surface area contributed by atoms with Gasteiger partial charge in [-0.3, -0.25) is 4.99 Å². The molecular formula is C20H31IN6O2. The smallest absolute Gasteiger partial charge is 0.407 e. The molecule has 2 aromatic rings. The lowest BCUT2D eigenvalue weighted by atomic mass is 10.2. The molecule has 0 fully saturated rings. The molecule has 3 N–H and O–H groups in total. The second kappa shape index (κ2) is 11.6. The maximum atomic E-state index is 11.7. The van der Waals surface area contributed by atoms with Gasteiger partial charge in [0.25, 0.3) is 0 Å². The predicted molar refractivity (Wildman–Crippen MR) is 127 cm³/mol. The monoisotopic (exact) mass is 514 g/mol. The molecule has 0 saturated heterocycles. The van der Waals surface area contributed by atoms with E-state index >= 15 is 0 Å². The van der Waals surface area contributed by atoms with Gasteiger partial charge in [0.05, 0.1) is 18.4 Å². The van der Waals surface area contributed by atoms with E-state index in [0.717, 1.165) is 17.1 Å². The SMILES string of the molecule is CN=C(NCCNC(=O)OC(C)(C)C)N(C)Cc1ncc(-c2ccccc2)[nH]1.I. The van der Waals surface area contributed by atoms with Gasteiger partial charge in [0.1, 0.15) is 11.4 Å². The lowest BCUT2D eigenvalue weighted by Crippen LogP contribution is -2.43. The predicted octanol–water partition coefficient (Wildman–Crippen LogP) is 3.23. The van der Waals surface area contributed by atoms with Gasteiger partial charge in [-0.25, -0.2) is 9.78 Å². The van der Waals surface area contributed by atoms with Crippen LogP contribution in [0.3, 0.4) is 0 Å². The summed E-state index contributed by atoms with van der Waals surface area (Å²) >= 11 is 0. The van der Waals surface area contributed by atoms with Crippen molar-refractivity contribution < 1.29 is 9.53 Å². The fourth-order valence-corrected chi connectivity index (χ4v) is 2.54. The topological polar surface area (TPSA) is 94.6 Å². The van der Waals surface area contributed by atoms with Crippen molar-refractivity contribution in [2.75, 3.05) is 27.2 Å². The third kappa shape index (κ3) is 8.71. The summed E-state index contributed by atoms with van der Waals surface area (Å²) in [5.74, 6) is 1.56. The summed E-state index contributed by atoms with van der Waals surface area (Å²) in [5, 5.41) is 5.92. The van der Waals surface area contributed by atoms with Gasteiger partial charge in [-0.1, -0.05) is 30.3 Å². The Balaban J connectivity index is 0.00000420. The molecule has 0 aliphatic rings. The van der Waals surface area contributed by atoms with Crippen molar-refractivity contribution in [3.8, 4) is 11.3 Å². The molecule has 8 nitrogen and oxygen atoms in total. The number of aliphatic imine (C=N–C) groups is 1. The first-order valence-electron chi connectivity index (χ1n) is 9.26. The van der Waals surface area contributed by atoms with Crippen molar-refractivity contribution in [3.05, 3.63) is 42.4 Å². The minimum atomic E-state index is -0.505. The zero-order chi connectivity index (χ0) is 20.6. The second-order valence-corrected chi connectivity index (χ2v) is 7.37. The Morgan fingerprint density at radius 3 is 2.48 bits per heavy atom. The Morgan fingerprint density at radius 1 is 1.21 bits per heavy atom. The Bertz CT molecular complexity index is 786. The number of imidazole rings is 1. The van der Waals surface area contributed by atoms with Gasteiger partial charge in [-0.05, 0) is 26.3 Å². The van der Waals surface area contributed by atoms with E-state index in [1.165, 1.54) is 0 Å². The molecule has 0 aliphatic heterocycles. The number of carbonyl (C=O) groups excluding carboxylic acids is 1. The first-order valence-corrected chi connectivity index (χ1v) is 9.26. The van der Waals surface area contributed by atoms with Crippen molar-refractivity contribution >= 4 is 36.0 Å². The molecule has 0 bridgehead atoms. The van der Waals surface area contributed by atoms with Gasteiger partial charge < -0.3 is 25.3 Å². The molecule has 0 spiro atoms. The largest absolute Gasteiger partial charge is 0.444 e. The van der Waals surface area contributed by atoms with Crippen LogP contribution in [0.1, 0.15) is 26.6 Å². The summed E-state index contributed by atoms with van der Waals surface area (Å²) in [6, 6.07) is 10.1. The number of carbonyl (C=O) groups is 1. The summed E-state index contributed by atoms with van der Waals surface area (Å²) in [5.41, 5.74) is 1.57. The Morgan fingerprint density at radius 2 is 1.86 bits per heavy atom. The van der Waals surface area contributed by atoms with Crippen molar-refractivity contribution in [2.45, 2.75) is 32.9 Å². The zero-order valence-electron chi connectivity index (χ0n) is 17.7. The van der Waals surface area contributed by atoms with E-state index in [2.05, 4.69) is 25.6 Å². The lowest BCUT2D eigenvalue weighted by molar-refractivity contribution is 0.0529. The van der Waals surface area contributed by atoms with Crippen LogP contribution in [0, 0.1) is 0 Å². The highest BCUT2D eigenvalue weighted by atomic mass is 127. The number of benzene rings is 1. The van der Waals surface area contributed by atoms with Crippen molar-refractivity contribution in [1.29, 1.82) is 0 Å². The quantitative estimate of drug-likeness (QED) is 0.238. The summed E-state index contributed by atoms with van der Waals surface area (Å²) < 4.78 is 5.21. The normalized spacial score (nSPS) is 11.4. The number of guanidine groups is 1. The van der Waals surface area contributed by atoms with Crippen LogP contribution in [-0.4, -0.2) is 59.7 Å². The number of aromatic amines is 1. The van der Waals surface area contributed by atoms with Crippen molar-refractivity contribution in [1.82, 2.24) is 25.5 Å². The van der Waals surface area contributed by atoms with Crippen molar-refractivity contribution in [3.63, 3.8) is 0 Å². The number of amides is 1. The van der Waals surface area contributed by atoms with E-state index in [1.54, 1.807) is 7.05 Å². The van der Waals surface area contributed by atoms with E-state index < -0.39 is 11.7 Å². The first-order chi connectivity index (χ1) is 13.3. The molecule has 0 radical (unpaired) electrons. The van der Waals surface area contributed by atoms with Gasteiger partial charge in [0.2, 0.25) is 0 Å². The summed E-state index contributed by atoms with van der Waals surface area (Å²) in [4.78, 5) is 25.7. The van der Waals surface area contributed by atoms with Gasteiger partial charge in [-0.15, -0.1) is 24.0 Å². The molecule has 1 aromatic heterocycles. The van der Waals surface area contributed by atoms with Crippen molar-refractivity contribution in [2.24, 2.45) is 4.99 Å². The number of hydrogen-bond donors (Lipinski definition) is 3. The van der Waals surface area contributed by atoms with E-state index in [1.807, 2.05) is 69.2 Å². The highest BCUT2D eigenvalue weighted by Crippen LogP contribution is 2.16. The number of hydrogen-bond acceptors (Lipinski definition) is 4. The van der Waals surface area contributed by atoms with Crippen LogP contribution in [0.4, 0.5) is 4.79 Å². The minimum absolute atomic E-state index is 0. The van der Waals surface area contributed by atoms with Gasteiger partial charge >= 0.3 is 6.09 Å². The Kier molecular flexibility index (Phi) is 9.93. The Labute approximate surface area is 189 Å². The fraction of sp³-hybridized carbons (Fsp3) is 0.450.